The molecule has 0 unspecified atom stereocenters. The van der Waals surface area contributed by atoms with Crippen LogP contribution in [0.4, 0.5) is 13.2 Å². The number of hydrogen-bond donors (Lipinski definition) is 0. The lowest BCUT2D eigenvalue weighted by Crippen LogP contribution is -2.12. The monoisotopic (exact) mass is 348 g/mol. The maximum atomic E-state index is 11.9. The molecule has 0 fully saturated rings. The van der Waals surface area contributed by atoms with Crippen molar-refractivity contribution in [2.24, 2.45) is 0 Å². The van der Waals surface area contributed by atoms with Gasteiger partial charge in [-0.3, -0.25) is 0 Å². The van der Waals surface area contributed by atoms with Crippen LogP contribution in [0.25, 0.3) is 0 Å². The largest absolute Gasteiger partial charge is 0.573 e. The molecule has 0 aromatic carbocycles. The third-order valence-corrected chi connectivity index (χ3v) is 3.09. The van der Waals surface area contributed by atoms with E-state index >= 15 is 0 Å². The Kier molecular flexibility index (Phi) is 11.3. The van der Waals surface area contributed by atoms with Gasteiger partial charge in [-0.15, -0.1) is 13.2 Å². The summed E-state index contributed by atoms with van der Waals surface area (Å²) in [7, 11) is 0. The topological polar surface area (TPSA) is 9.23 Å². The van der Waals surface area contributed by atoms with Crippen LogP contribution in [0.1, 0.15) is 46.5 Å². The molecule has 0 radical (unpaired) electrons. The van der Waals surface area contributed by atoms with Crippen molar-refractivity contribution in [3.63, 3.8) is 0 Å². The number of allylic oxidation sites excluding steroid dienone is 9. The average Bonchev–Trinajstić information content (AvgIpc) is 2.56. The highest BCUT2D eigenvalue weighted by Crippen LogP contribution is 2.23. The summed E-state index contributed by atoms with van der Waals surface area (Å²) in [6.45, 7) is 5.96. The fourth-order valence-electron chi connectivity index (χ4n) is 1.60. The molecular weight excluding hydrogens is 325 g/mol. The van der Waals surface area contributed by atoms with Crippen molar-refractivity contribution in [3.8, 4) is 0 Å². The van der Waals surface area contributed by atoms with Crippen LogP contribution in [-0.4, -0.2) is 6.36 Å². The van der Waals surface area contributed by atoms with Crippen LogP contribution in [0.3, 0.4) is 0 Å². The first-order valence-corrected chi connectivity index (χ1v) is 7.92. The fraction of sp³-hybridized carbons (Fsp3) is 0.444. The summed E-state index contributed by atoms with van der Waals surface area (Å²) in [4.78, 5) is 0. The molecule has 0 saturated carbocycles. The summed E-state index contributed by atoms with van der Waals surface area (Å²) in [6, 6.07) is 0. The van der Waals surface area contributed by atoms with Crippen molar-refractivity contribution in [2.75, 3.05) is 0 Å². The molecule has 1 aliphatic rings. The zero-order valence-electron chi connectivity index (χ0n) is 13.8. The Hall–Kier alpha value is -1.42. The molecule has 23 heavy (non-hydrogen) atoms. The van der Waals surface area contributed by atoms with Gasteiger partial charge in [0, 0.05) is 5.03 Å². The van der Waals surface area contributed by atoms with E-state index in [2.05, 4.69) is 11.7 Å². The van der Waals surface area contributed by atoms with Gasteiger partial charge in [-0.2, -0.15) is 0 Å². The summed E-state index contributed by atoms with van der Waals surface area (Å²) >= 11 is 5.62. The van der Waals surface area contributed by atoms with Crippen LogP contribution < -0.4 is 0 Å². The van der Waals surface area contributed by atoms with Crippen LogP contribution in [-0.2, 0) is 4.74 Å². The van der Waals surface area contributed by atoms with Crippen LogP contribution in [0.15, 0.2) is 58.9 Å². The minimum Gasteiger partial charge on any atom is -0.406 e. The van der Waals surface area contributed by atoms with E-state index in [-0.39, 0.29) is 5.76 Å². The van der Waals surface area contributed by atoms with Gasteiger partial charge in [0.2, 0.25) is 0 Å². The van der Waals surface area contributed by atoms with Gasteiger partial charge in [0.25, 0.3) is 0 Å². The first-order valence-electron chi connectivity index (χ1n) is 7.55. The van der Waals surface area contributed by atoms with E-state index in [9.17, 15) is 13.2 Å². The van der Waals surface area contributed by atoms with Crippen molar-refractivity contribution >= 4 is 11.6 Å². The molecular formula is C18H24ClF3O. The van der Waals surface area contributed by atoms with Crippen molar-refractivity contribution in [2.45, 2.75) is 52.8 Å². The van der Waals surface area contributed by atoms with Crippen molar-refractivity contribution < 1.29 is 17.9 Å². The maximum Gasteiger partial charge on any atom is 0.573 e. The van der Waals surface area contributed by atoms with E-state index in [0.29, 0.717) is 12.8 Å². The number of alkyl halides is 3. The molecule has 1 rings (SSSR count). The Morgan fingerprint density at radius 3 is 2.52 bits per heavy atom. The fourth-order valence-corrected chi connectivity index (χ4v) is 1.69. The second kappa shape index (κ2) is 12.1. The molecule has 0 spiro atoms. The van der Waals surface area contributed by atoms with Crippen molar-refractivity contribution in [3.05, 3.63) is 58.9 Å². The zero-order chi connectivity index (χ0) is 17.7. The smallest absolute Gasteiger partial charge is 0.406 e. The Balaban J connectivity index is 0.000000515. The van der Waals surface area contributed by atoms with E-state index in [0.717, 1.165) is 23.4 Å². The quantitative estimate of drug-likeness (QED) is 0.387. The van der Waals surface area contributed by atoms with Gasteiger partial charge in [-0.25, -0.2) is 0 Å². The predicted molar refractivity (Wildman–Crippen MR) is 91.0 cm³/mol. The summed E-state index contributed by atoms with van der Waals surface area (Å²) in [5.74, 6) is -0.120. The zero-order valence-corrected chi connectivity index (χ0v) is 14.5. The lowest BCUT2D eigenvalue weighted by atomic mass is 10.1. The third kappa shape index (κ3) is 13.9. The van der Waals surface area contributed by atoms with Gasteiger partial charge in [0.05, 0.1) is 0 Å². The molecule has 1 aliphatic carbocycles. The first kappa shape index (κ1) is 21.6. The van der Waals surface area contributed by atoms with E-state index in [1.54, 1.807) is 6.08 Å². The van der Waals surface area contributed by atoms with E-state index in [1.807, 2.05) is 38.2 Å². The second-order valence-corrected chi connectivity index (χ2v) is 5.31. The molecule has 0 atom stereocenters. The van der Waals surface area contributed by atoms with E-state index in [1.165, 1.54) is 12.2 Å². The Bertz CT molecular complexity index is 483. The van der Waals surface area contributed by atoms with Gasteiger partial charge in [0.1, 0.15) is 5.76 Å². The molecule has 130 valence electrons. The molecule has 0 bridgehead atoms. The van der Waals surface area contributed by atoms with E-state index in [4.69, 9.17) is 11.6 Å². The van der Waals surface area contributed by atoms with Gasteiger partial charge in [-0.05, 0) is 57.8 Å². The highest BCUT2D eigenvalue weighted by atomic mass is 35.5. The summed E-state index contributed by atoms with van der Waals surface area (Å²) in [5.41, 5.74) is 1.16. The highest BCUT2D eigenvalue weighted by Gasteiger charge is 2.31. The van der Waals surface area contributed by atoms with Gasteiger partial charge < -0.3 is 4.74 Å². The van der Waals surface area contributed by atoms with Crippen LogP contribution >= 0.6 is 11.6 Å². The first-order chi connectivity index (χ1) is 10.8. The third-order valence-electron chi connectivity index (χ3n) is 2.75. The number of ether oxygens (including phenoxy) is 1. The van der Waals surface area contributed by atoms with Gasteiger partial charge >= 0.3 is 6.36 Å². The molecule has 0 aromatic heterocycles. The molecule has 0 heterocycles. The number of rotatable bonds is 3. The van der Waals surface area contributed by atoms with E-state index < -0.39 is 6.36 Å². The second-order valence-electron chi connectivity index (χ2n) is 4.87. The molecule has 0 saturated heterocycles. The number of halogens is 4. The summed E-state index contributed by atoms with van der Waals surface area (Å²) in [6.07, 6.45) is 10.7. The molecule has 0 aromatic rings. The summed E-state index contributed by atoms with van der Waals surface area (Å²) < 4.78 is 39.7. The average molecular weight is 349 g/mol. The molecule has 5 heteroatoms. The Morgan fingerprint density at radius 2 is 1.96 bits per heavy atom. The minimum atomic E-state index is -4.60. The Morgan fingerprint density at radius 1 is 1.30 bits per heavy atom. The highest BCUT2D eigenvalue weighted by molar-refractivity contribution is 6.31. The molecule has 0 amide bonds. The maximum absolute atomic E-state index is 11.9. The van der Waals surface area contributed by atoms with Gasteiger partial charge in [0.15, 0.2) is 0 Å². The normalized spacial score (nSPS) is 22.5. The predicted octanol–water partition coefficient (Wildman–Crippen LogP) is 7.19. The SMILES string of the molecule is C/C1=C/CC/C=C(OC(F)(F)F)\C=C/C1.C/C=C(Cl)\C=C/CC. The Labute approximate surface area is 141 Å². The van der Waals surface area contributed by atoms with Crippen LogP contribution in [0.5, 0.6) is 0 Å². The molecule has 1 nitrogen and oxygen atoms in total. The minimum absolute atomic E-state index is 0.120. The number of hydrogen-bond acceptors (Lipinski definition) is 1. The van der Waals surface area contributed by atoms with Crippen LogP contribution in [0, 0.1) is 0 Å². The lowest BCUT2D eigenvalue weighted by molar-refractivity contribution is -0.303. The standard InChI is InChI=1S/C11H13F3O.C7H11Cl/c1-9-5-2-3-7-10(8-4-6-9)15-11(12,13)14;1-3-5-6-7(8)4-2/h4-5,7-8H,2-3,6H2,1H3;4-6H,3H2,1-2H3/b8-4-,9-5-,10-7+;6-5-,7-4+. The van der Waals surface area contributed by atoms with Crippen LogP contribution in [0.2, 0.25) is 0 Å². The summed E-state index contributed by atoms with van der Waals surface area (Å²) in [5, 5.41) is 0.812. The van der Waals surface area contributed by atoms with Crippen molar-refractivity contribution in [1.82, 2.24) is 0 Å². The van der Waals surface area contributed by atoms with Crippen molar-refractivity contribution in [1.29, 1.82) is 0 Å². The molecule has 0 N–H and O–H groups in total. The molecule has 0 aliphatic heterocycles. The lowest BCUT2D eigenvalue weighted by Gasteiger charge is -2.09. The van der Waals surface area contributed by atoms with Gasteiger partial charge in [-0.1, -0.05) is 48.4 Å².